The Bertz CT molecular complexity index is 1010. The van der Waals surface area contributed by atoms with Gasteiger partial charge in [0, 0.05) is 12.3 Å². The Morgan fingerprint density at radius 3 is 2.33 bits per heavy atom. The molecule has 30 heavy (non-hydrogen) atoms. The molecule has 0 saturated carbocycles. The Morgan fingerprint density at radius 1 is 1.00 bits per heavy atom. The van der Waals surface area contributed by atoms with Gasteiger partial charge in [-0.1, -0.05) is 54.6 Å². The highest BCUT2D eigenvalue weighted by Crippen LogP contribution is 2.31. The highest BCUT2D eigenvalue weighted by Gasteiger charge is 2.34. The highest BCUT2D eigenvalue weighted by molar-refractivity contribution is 5.80. The first-order valence-electron chi connectivity index (χ1n) is 9.50. The molecule has 154 valence electrons. The number of likely N-dealkylation sites (tertiary alicyclic amines) is 1. The summed E-state index contributed by atoms with van der Waals surface area (Å²) in [6.45, 7) is 0.664. The minimum absolute atomic E-state index is 0.0423. The number of alkyl halides is 3. The number of carbonyl (C=O) groups is 1. The molecule has 0 radical (unpaired) electrons. The van der Waals surface area contributed by atoms with Crippen LogP contribution in [0.3, 0.4) is 0 Å². The maximum Gasteiger partial charge on any atom is 0.416 e. The molecule has 1 aliphatic heterocycles. The number of carbonyl (C=O) groups excluding carboxylic acids is 1. The lowest BCUT2D eigenvalue weighted by molar-refractivity contribution is -0.139. The van der Waals surface area contributed by atoms with Crippen LogP contribution >= 0.6 is 0 Å². The number of benzene rings is 2. The molecule has 0 atom stereocenters. The van der Waals surface area contributed by atoms with Crippen LogP contribution in [0.4, 0.5) is 13.2 Å². The van der Waals surface area contributed by atoms with Gasteiger partial charge in [0.15, 0.2) is 0 Å². The third-order valence-corrected chi connectivity index (χ3v) is 4.97. The predicted molar refractivity (Wildman–Crippen MR) is 106 cm³/mol. The fraction of sp³-hybridized carbons (Fsp3) is 0.217. The molecule has 0 spiro atoms. The molecule has 1 amide bonds. The molecule has 4 rings (SSSR count). The highest BCUT2D eigenvalue weighted by atomic mass is 19.4. The molecule has 7 heteroatoms. The van der Waals surface area contributed by atoms with Crippen molar-refractivity contribution in [2.45, 2.75) is 18.7 Å². The molecule has 0 unspecified atom stereocenters. The summed E-state index contributed by atoms with van der Waals surface area (Å²) in [5.41, 5.74) is 2.29. The molecular formula is C23H19F3N2O2. The van der Waals surface area contributed by atoms with Crippen molar-refractivity contribution < 1.29 is 22.7 Å². The van der Waals surface area contributed by atoms with Crippen molar-refractivity contribution in [2.24, 2.45) is 0 Å². The average Bonchev–Trinajstić information content (AvgIpc) is 2.71. The molecule has 1 saturated heterocycles. The van der Waals surface area contributed by atoms with Gasteiger partial charge in [-0.05, 0) is 22.8 Å². The molecule has 3 aromatic rings. The number of ether oxygens (including phenoxy) is 1. The van der Waals surface area contributed by atoms with Gasteiger partial charge in [-0.25, -0.2) is 4.98 Å². The van der Waals surface area contributed by atoms with Crippen molar-refractivity contribution in [1.29, 1.82) is 0 Å². The second-order valence-electron chi connectivity index (χ2n) is 7.16. The molecule has 2 heterocycles. The number of aromatic nitrogens is 1. The van der Waals surface area contributed by atoms with Crippen LogP contribution in [0.5, 0.6) is 5.88 Å². The maximum absolute atomic E-state index is 12.8. The van der Waals surface area contributed by atoms with Gasteiger partial charge < -0.3 is 9.64 Å². The van der Waals surface area contributed by atoms with Gasteiger partial charge in [0.25, 0.3) is 0 Å². The summed E-state index contributed by atoms with van der Waals surface area (Å²) in [5.74, 6) is -0.127. The zero-order chi connectivity index (χ0) is 21.1. The number of hydrogen-bond acceptors (Lipinski definition) is 3. The Morgan fingerprint density at radius 2 is 1.67 bits per heavy atom. The Balaban J connectivity index is 1.29. The monoisotopic (exact) mass is 412 g/mol. The standard InChI is InChI=1S/C23H19F3N2O2/c24-23(25,26)19-10-11-27-21(13-19)30-20-14-28(15-20)22(29)12-16-6-8-18(9-7-16)17-4-2-1-3-5-17/h1-11,13,20H,12,14-15H2. The van der Waals surface area contributed by atoms with E-state index in [0.717, 1.165) is 35.0 Å². The fourth-order valence-corrected chi connectivity index (χ4v) is 3.27. The number of nitrogens with zero attached hydrogens (tertiary/aromatic N) is 2. The third kappa shape index (κ3) is 4.62. The van der Waals surface area contributed by atoms with Crippen LogP contribution < -0.4 is 4.74 Å². The lowest BCUT2D eigenvalue weighted by Crippen LogP contribution is -2.56. The first-order valence-corrected chi connectivity index (χ1v) is 9.50. The van der Waals surface area contributed by atoms with Crippen LogP contribution in [0.2, 0.25) is 0 Å². The minimum atomic E-state index is -4.45. The smallest absolute Gasteiger partial charge is 0.416 e. The summed E-state index contributed by atoms with van der Waals surface area (Å²) in [6, 6.07) is 19.6. The fourth-order valence-electron chi connectivity index (χ4n) is 3.27. The van der Waals surface area contributed by atoms with Crippen molar-refractivity contribution in [2.75, 3.05) is 13.1 Å². The van der Waals surface area contributed by atoms with E-state index in [1.165, 1.54) is 0 Å². The lowest BCUT2D eigenvalue weighted by Gasteiger charge is -2.38. The quantitative estimate of drug-likeness (QED) is 0.615. The second-order valence-corrected chi connectivity index (χ2v) is 7.16. The van der Waals surface area contributed by atoms with E-state index < -0.39 is 11.7 Å². The molecule has 0 aliphatic carbocycles. The van der Waals surface area contributed by atoms with Crippen LogP contribution in [0.25, 0.3) is 11.1 Å². The molecule has 1 fully saturated rings. The first-order chi connectivity index (χ1) is 14.4. The average molecular weight is 412 g/mol. The first kappa shape index (κ1) is 19.9. The van der Waals surface area contributed by atoms with Gasteiger partial charge in [-0.15, -0.1) is 0 Å². The second kappa shape index (κ2) is 8.18. The topological polar surface area (TPSA) is 42.4 Å². The number of pyridine rings is 1. The van der Waals surface area contributed by atoms with Crippen molar-refractivity contribution in [3.8, 4) is 17.0 Å². The summed E-state index contributed by atoms with van der Waals surface area (Å²) in [5, 5.41) is 0. The van der Waals surface area contributed by atoms with Gasteiger partial charge in [0.05, 0.1) is 25.1 Å². The number of hydrogen-bond donors (Lipinski definition) is 0. The number of halogens is 3. The predicted octanol–water partition coefficient (Wildman–Crippen LogP) is 4.60. The van der Waals surface area contributed by atoms with E-state index in [-0.39, 0.29) is 24.3 Å². The van der Waals surface area contributed by atoms with Crippen molar-refractivity contribution in [3.63, 3.8) is 0 Å². The van der Waals surface area contributed by atoms with Crippen molar-refractivity contribution >= 4 is 5.91 Å². The summed E-state index contributed by atoms with van der Waals surface area (Å²) < 4.78 is 43.8. The van der Waals surface area contributed by atoms with Gasteiger partial charge in [0.2, 0.25) is 11.8 Å². The van der Waals surface area contributed by atoms with Crippen LogP contribution in [0.1, 0.15) is 11.1 Å². The molecular weight excluding hydrogens is 393 g/mol. The Kier molecular flexibility index (Phi) is 5.44. The van der Waals surface area contributed by atoms with E-state index in [9.17, 15) is 18.0 Å². The van der Waals surface area contributed by atoms with E-state index in [0.29, 0.717) is 13.1 Å². The molecule has 2 aromatic carbocycles. The zero-order valence-electron chi connectivity index (χ0n) is 16.0. The van der Waals surface area contributed by atoms with Gasteiger partial charge in [-0.3, -0.25) is 4.79 Å². The SMILES string of the molecule is O=C(Cc1ccc(-c2ccccc2)cc1)N1CC(Oc2cc(C(F)(F)F)ccn2)C1. The molecule has 1 aromatic heterocycles. The summed E-state index contributed by atoms with van der Waals surface area (Å²) in [7, 11) is 0. The van der Waals surface area contributed by atoms with Crippen molar-refractivity contribution in [3.05, 3.63) is 84.1 Å². The lowest BCUT2D eigenvalue weighted by atomic mass is 10.0. The zero-order valence-corrected chi connectivity index (χ0v) is 16.0. The van der Waals surface area contributed by atoms with Crippen LogP contribution in [0.15, 0.2) is 72.9 Å². The summed E-state index contributed by atoms with van der Waals surface area (Å²) in [6.07, 6.45) is -3.47. The summed E-state index contributed by atoms with van der Waals surface area (Å²) in [4.78, 5) is 17.9. The molecule has 0 N–H and O–H groups in total. The largest absolute Gasteiger partial charge is 0.471 e. The third-order valence-electron chi connectivity index (χ3n) is 4.97. The van der Waals surface area contributed by atoms with Gasteiger partial charge in [-0.2, -0.15) is 13.2 Å². The van der Waals surface area contributed by atoms with E-state index in [1.807, 2.05) is 54.6 Å². The van der Waals surface area contributed by atoms with Crippen LogP contribution in [-0.2, 0) is 17.4 Å². The van der Waals surface area contributed by atoms with Crippen LogP contribution in [-0.4, -0.2) is 35.0 Å². The van der Waals surface area contributed by atoms with Crippen molar-refractivity contribution in [1.82, 2.24) is 9.88 Å². The normalized spacial score (nSPS) is 14.3. The van der Waals surface area contributed by atoms with E-state index in [1.54, 1.807) is 4.90 Å². The van der Waals surface area contributed by atoms with E-state index in [4.69, 9.17) is 4.74 Å². The van der Waals surface area contributed by atoms with E-state index >= 15 is 0 Å². The Labute approximate surface area is 171 Å². The maximum atomic E-state index is 12.8. The molecule has 1 aliphatic rings. The van der Waals surface area contributed by atoms with Gasteiger partial charge >= 0.3 is 6.18 Å². The van der Waals surface area contributed by atoms with E-state index in [2.05, 4.69) is 4.98 Å². The Hall–Kier alpha value is -3.35. The molecule has 4 nitrogen and oxygen atoms in total. The van der Waals surface area contributed by atoms with Gasteiger partial charge in [0.1, 0.15) is 6.10 Å². The minimum Gasteiger partial charge on any atom is -0.471 e. The number of amides is 1. The molecule has 0 bridgehead atoms. The van der Waals surface area contributed by atoms with Crippen LogP contribution in [0, 0.1) is 0 Å². The summed E-state index contributed by atoms with van der Waals surface area (Å²) >= 11 is 0. The number of rotatable bonds is 5.